The van der Waals surface area contributed by atoms with E-state index in [0.717, 1.165) is 0 Å². The van der Waals surface area contributed by atoms with Gasteiger partial charge in [-0.25, -0.2) is 0 Å². The molecule has 0 fully saturated rings. The van der Waals surface area contributed by atoms with Crippen molar-refractivity contribution in [1.82, 2.24) is 0 Å². The summed E-state index contributed by atoms with van der Waals surface area (Å²) in [5.74, 6) is 0. The molecule has 0 bridgehead atoms. The van der Waals surface area contributed by atoms with Crippen molar-refractivity contribution in [3.8, 4) is 0 Å². The zero-order valence-corrected chi connectivity index (χ0v) is 6.58. The summed E-state index contributed by atoms with van der Waals surface area (Å²) in [7, 11) is 0. The van der Waals surface area contributed by atoms with Crippen LogP contribution in [0.5, 0.6) is 0 Å². The molecule has 0 aromatic rings. The Morgan fingerprint density at radius 3 is 1.25 bits per heavy atom. The van der Waals surface area contributed by atoms with Gasteiger partial charge in [-0.2, -0.15) is 0 Å². The second kappa shape index (κ2) is 9.12. The molecule has 0 saturated carbocycles. The van der Waals surface area contributed by atoms with E-state index >= 15 is 0 Å². The van der Waals surface area contributed by atoms with Gasteiger partial charge in [0.25, 0.3) is 0 Å². The topological polar surface area (TPSA) is 0 Å². The monoisotopic (exact) mass is 159 g/mol. The third-order valence-electron chi connectivity index (χ3n) is 0. The molecule has 0 aliphatic heterocycles. The average Bonchev–Trinajstić information content (AvgIpc) is 0.918. The van der Waals surface area contributed by atoms with E-state index in [1.165, 1.54) is 6.42 Å². The third-order valence-corrected chi connectivity index (χ3v) is 0. The zero-order valence-electron chi connectivity index (χ0n) is 3.28. The molecule has 0 N–H and O–H groups in total. The molecule has 0 aromatic carbocycles. The molecule has 0 aliphatic carbocycles. The van der Waals surface area contributed by atoms with Crippen molar-refractivity contribution in [2.45, 2.75) is 20.3 Å². The predicted octanol–water partition coefficient (Wildman–Crippen LogP) is 1.04. The smallest absolute Gasteiger partial charge is 0 e. The van der Waals surface area contributed by atoms with Crippen LogP contribution in [-0.4, -0.2) is 25.8 Å². The van der Waals surface area contributed by atoms with Crippen LogP contribution in [0.2, 0.25) is 0 Å². The first-order chi connectivity index (χ1) is 1.41. The van der Waals surface area contributed by atoms with E-state index in [-0.39, 0.29) is 25.8 Å². The first-order valence-corrected chi connectivity index (χ1v) is 1.41. The molecule has 3 radical (unpaired) electrons. The van der Waals surface area contributed by atoms with Gasteiger partial charge in [-0.1, -0.05) is 20.3 Å². The Morgan fingerprint density at radius 2 is 1.25 bits per heavy atom. The van der Waals surface area contributed by atoms with Crippen LogP contribution in [-0.2, 0) is 0 Å². The summed E-state index contributed by atoms with van der Waals surface area (Å²) in [6.07, 6.45) is 1.25. The summed E-state index contributed by atoms with van der Waals surface area (Å²) in [5, 5.41) is 0. The van der Waals surface area contributed by atoms with Crippen LogP contribution in [0.25, 0.3) is 0 Å². The summed E-state index contributed by atoms with van der Waals surface area (Å²) in [6.45, 7) is 4.25. The normalized spacial score (nSPS) is 4.50. The SMILES string of the molecule is CCC.[In]. The van der Waals surface area contributed by atoms with Gasteiger partial charge in [0.05, 0.1) is 0 Å². The third kappa shape index (κ3) is 13.3. The fourth-order valence-corrected chi connectivity index (χ4v) is 0. The van der Waals surface area contributed by atoms with Crippen molar-refractivity contribution in [2.24, 2.45) is 0 Å². The van der Waals surface area contributed by atoms with Crippen molar-refractivity contribution >= 4 is 25.8 Å². The minimum Gasteiger partial charge on any atom is -0.0656 e. The van der Waals surface area contributed by atoms with Gasteiger partial charge in [0, 0.05) is 25.8 Å². The summed E-state index contributed by atoms with van der Waals surface area (Å²) in [4.78, 5) is 0. The first kappa shape index (κ1) is 8.85. The molecule has 0 heterocycles. The van der Waals surface area contributed by atoms with E-state index < -0.39 is 0 Å². The van der Waals surface area contributed by atoms with Crippen molar-refractivity contribution in [2.75, 3.05) is 0 Å². The number of rotatable bonds is 0. The van der Waals surface area contributed by atoms with Crippen molar-refractivity contribution in [1.29, 1.82) is 0 Å². The quantitative estimate of drug-likeness (QED) is 0.495. The van der Waals surface area contributed by atoms with Gasteiger partial charge < -0.3 is 0 Å². The fraction of sp³-hybridized carbons (Fsp3) is 1.00. The fourth-order valence-electron chi connectivity index (χ4n) is 0. The molecule has 0 aromatic heterocycles. The predicted molar refractivity (Wildman–Crippen MR) is 21.7 cm³/mol. The van der Waals surface area contributed by atoms with Crippen LogP contribution in [0, 0.1) is 0 Å². The summed E-state index contributed by atoms with van der Waals surface area (Å²) < 4.78 is 0. The molecule has 0 atom stereocenters. The van der Waals surface area contributed by atoms with Crippen LogP contribution in [0.1, 0.15) is 20.3 Å². The van der Waals surface area contributed by atoms with E-state index in [2.05, 4.69) is 13.8 Å². The molecule has 0 unspecified atom stereocenters. The van der Waals surface area contributed by atoms with E-state index in [1.54, 1.807) is 0 Å². The standard InChI is InChI=1S/C3H8.In/c1-3-2;/h3H2,1-2H3;. The van der Waals surface area contributed by atoms with Crippen molar-refractivity contribution in [3.63, 3.8) is 0 Å². The molecule has 1 heteroatoms. The maximum atomic E-state index is 2.12. The van der Waals surface area contributed by atoms with Gasteiger partial charge >= 0.3 is 0 Å². The Kier molecular flexibility index (Phi) is 20.2. The Bertz CT molecular complexity index is 3.25. The minimum atomic E-state index is 0. The van der Waals surface area contributed by atoms with Crippen LogP contribution >= 0.6 is 0 Å². The van der Waals surface area contributed by atoms with Gasteiger partial charge in [-0.15, -0.1) is 0 Å². The summed E-state index contributed by atoms with van der Waals surface area (Å²) >= 11 is 0. The van der Waals surface area contributed by atoms with Crippen LogP contribution in [0.4, 0.5) is 0 Å². The molecule has 0 rings (SSSR count). The first-order valence-electron chi connectivity index (χ1n) is 1.41. The summed E-state index contributed by atoms with van der Waals surface area (Å²) in [5.41, 5.74) is 0. The second-order valence-electron chi connectivity index (χ2n) is 0.707. The van der Waals surface area contributed by atoms with E-state index in [4.69, 9.17) is 0 Å². The largest absolute Gasteiger partial charge is 0.0656 e. The molecule has 4 heavy (non-hydrogen) atoms. The van der Waals surface area contributed by atoms with Crippen LogP contribution < -0.4 is 0 Å². The maximum Gasteiger partial charge on any atom is 0 e. The molecule has 23 valence electrons. The zero-order chi connectivity index (χ0) is 2.71. The Balaban J connectivity index is 0. The Hall–Kier alpha value is 0.870. The van der Waals surface area contributed by atoms with Gasteiger partial charge in [-0.05, 0) is 0 Å². The van der Waals surface area contributed by atoms with Gasteiger partial charge in [-0.3, -0.25) is 0 Å². The molecule has 0 spiro atoms. The molecule has 0 aliphatic rings. The molecular weight excluding hydrogens is 151 g/mol. The van der Waals surface area contributed by atoms with Gasteiger partial charge in [0.1, 0.15) is 0 Å². The van der Waals surface area contributed by atoms with Crippen LogP contribution in [0.3, 0.4) is 0 Å². The van der Waals surface area contributed by atoms with Gasteiger partial charge in [0.15, 0.2) is 0 Å². The van der Waals surface area contributed by atoms with E-state index in [9.17, 15) is 0 Å². The van der Waals surface area contributed by atoms with E-state index in [0.29, 0.717) is 0 Å². The second-order valence-corrected chi connectivity index (χ2v) is 0.707. The van der Waals surface area contributed by atoms with Crippen LogP contribution in [0.15, 0.2) is 0 Å². The maximum absolute atomic E-state index is 2.12. The minimum absolute atomic E-state index is 0. The number of hydrogen-bond donors (Lipinski definition) is 0. The Morgan fingerprint density at radius 1 is 1.25 bits per heavy atom. The van der Waals surface area contributed by atoms with Crippen molar-refractivity contribution < 1.29 is 0 Å². The summed E-state index contributed by atoms with van der Waals surface area (Å²) in [6, 6.07) is 0. The molecular formula is C3H8In. The van der Waals surface area contributed by atoms with E-state index in [1.807, 2.05) is 0 Å². The number of hydrogen-bond acceptors (Lipinski definition) is 0. The molecule has 0 saturated heterocycles. The Labute approximate surface area is 46.4 Å². The van der Waals surface area contributed by atoms with Crippen molar-refractivity contribution in [3.05, 3.63) is 0 Å². The van der Waals surface area contributed by atoms with Gasteiger partial charge in [0.2, 0.25) is 0 Å². The average molecular weight is 159 g/mol. The molecule has 0 amide bonds. The molecule has 0 nitrogen and oxygen atoms in total.